The SMILES string of the molecule is CC(C)(C)c1ccc(-c2[c-]ccc3c4c(oc23)CCCC4)nc1.Cc1ccc(-c2[c-]cccc2)nc1.[Ir]. The zero-order valence-corrected chi connectivity index (χ0v) is 24.3. The summed E-state index contributed by atoms with van der Waals surface area (Å²) < 4.78 is 6.20. The summed E-state index contributed by atoms with van der Waals surface area (Å²) in [5.74, 6) is 1.17. The first kappa shape index (κ1) is 27.0. The molecule has 6 rings (SSSR count). The van der Waals surface area contributed by atoms with Crippen LogP contribution in [0.4, 0.5) is 0 Å². The third-order valence-electron chi connectivity index (χ3n) is 6.70. The van der Waals surface area contributed by atoms with Crippen molar-refractivity contribution in [2.75, 3.05) is 0 Å². The molecule has 3 aromatic heterocycles. The number of aryl methyl sites for hydroxylation is 3. The van der Waals surface area contributed by atoms with Gasteiger partial charge in [0, 0.05) is 38.9 Å². The van der Waals surface area contributed by atoms with E-state index in [4.69, 9.17) is 4.42 Å². The van der Waals surface area contributed by atoms with Crippen LogP contribution in [0.15, 0.2) is 77.5 Å². The van der Waals surface area contributed by atoms with Gasteiger partial charge in [-0.2, -0.15) is 0 Å². The smallest absolute Gasteiger partial charge is 0.0930 e. The van der Waals surface area contributed by atoms with Gasteiger partial charge in [-0.1, -0.05) is 56.0 Å². The molecular formula is C33H32IrN2O-2. The molecule has 0 spiro atoms. The fourth-order valence-corrected chi connectivity index (χ4v) is 4.58. The van der Waals surface area contributed by atoms with E-state index in [0.29, 0.717) is 0 Å². The largest absolute Gasteiger partial charge is 0.505 e. The van der Waals surface area contributed by atoms with Crippen LogP contribution in [0.2, 0.25) is 0 Å². The van der Waals surface area contributed by atoms with Crippen molar-refractivity contribution in [3.8, 4) is 22.5 Å². The molecule has 0 saturated carbocycles. The molecule has 0 saturated heterocycles. The van der Waals surface area contributed by atoms with E-state index in [-0.39, 0.29) is 25.5 Å². The van der Waals surface area contributed by atoms with E-state index in [1.165, 1.54) is 40.7 Å². The summed E-state index contributed by atoms with van der Waals surface area (Å²) in [4.78, 5) is 9.00. The van der Waals surface area contributed by atoms with Gasteiger partial charge in [0.15, 0.2) is 0 Å². The molecule has 191 valence electrons. The Bertz CT molecular complexity index is 1450. The third kappa shape index (κ3) is 6.09. The maximum atomic E-state index is 6.20. The van der Waals surface area contributed by atoms with Crippen LogP contribution in [0.1, 0.15) is 56.1 Å². The molecule has 0 unspecified atom stereocenters. The fraction of sp³-hybridized carbons (Fsp3) is 0.273. The maximum absolute atomic E-state index is 6.20. The number of aromatic nitrogens is 2. The molecule has 2 aromatic carbocycles. The first-order chi connectivity index (χ1) is 17.4. The summed E-state index contributed by atoms with van der Waals surface area (Å²) in [7, 11) is 0. The minimum Gasteiger partial charge on any atom is -0.505 e. The number of hydrogen-bond donors (Lipinski definition) is 0. The van der Waals surface area contributed by atoms with Gasteiger partial charge in [-0.05, 0) is 59.7 Å². The second-order valence-electron chi connectivity index (χ2n) is 10.5. The van der Waals surface area contributed by atoms with Gasteiger partial charge in [0.1, 0.15) is 0 Å². The summed E-state index contributed by atoms with van der Waals surface area (Å²) >= 11 is 0. The normalized spacial score (nSPS) is 12.8. The summed E-state index contributed by atoms with van der Waals surface area (Å²) in [6.07, 6.45) is 8.52. The summed E-state index contributed by atoms with van der Waals surface area (Å²) in [6.45, 7) is 8.65. The molecule has 5 aromatic rings. The molecule has 1 aliphatic carbocycles. The number of nitrogens with zero attached hydrogens (tertiary/aromatic N) is 2. The van der Waals surface area contributed by atoms with E-state index in [1.807, 2.05) is 55.7 Å². The number of furan rings is 1. The molecule has 0 atom stereocenters. The third-order valence-corrected chi connectivity index (χ3v) is 6.70. The van der Waals surface area contributed by atoms with Crippen molar-refractivity contribution >= 4 is 11.0 Å². The van der Waals surface area contributed by atoms with Crippen molar-refractivity contribution < 1.29 is 24.5 Å². The Kier molecular flexibility index (Phi) is 8.42. The van der Waals surface area contributed by atoms with Crippen molar-refractivity contribution in [2.24, 2.45) is 0 Å². The Hall–Kier alpha value is -3.07. The molecular weight excluding hydrogens is 633 g/mol. The van der Waals surface area contributed by atoms with Crippen LogP contribution in [0.5, 0.6) is 0 Å². The molecule has 0 aliphatic heterocycles. The average molecular weight is 665 g/mol. The molecule has 1 radical (unpaired) electrons. The van der Waals surface area contributed by atoms with Crippen molar-refractivity contribution in [3.63, 3.8) is 0 Å². The van der Waals surface area contributed by atoms with E-state index in [9.17, 15) is 0 Å². The monoisotopic (exact) mass is 665 g/mol. The number of hydrogen-bond acceptors (Lipinski definition) is 3. The molecule has 0 bridgehead atoms. The van der Waals surface area contributed by atoms with Crippen LogP contribution in [0.3, 0.4) is 0 Å². The van der Waals surface area contributed by atoms with Gasteiger partial charge in [0.05, 0.1) is 11.3 Å². The summed E-state index contributed by atoms with van der Waals surface area (Å²) in [5, 5.41) is 1.25. The summed E-state index contributed by atoms with van der Waals surface area (Å²) in [5.41, 5.74) is 8.83. The van der Waals surface area contributed by atoms with Crippen LogP contribution in [-0.4, -0.2) is 9.97 Å². The second-order valence-corrected chi connectivity index (χ2v) is 10.5. The molecule has 0 N–H and O–H groups in total. The molecule has 37 heavy (non-hydrogen) atoms. The Balaban J connectivity index is 0.000000195. The topological polar surface area (TPSA) is 38.9 Å². The van der Waals surface area contributed by atoms with E-state index < -0.39 is 0 Å². The Morgan fingerprint density at radius 1 is 0.811 bits per heavy atom. The molecule has 0 fully saturated rings. The number of benzene rings is 2. The van der Waals surface area contributed by atoms with Crippen molar-refractivity contribution in [2.45, 2.75) is 58.8 Å². The zero-order chi connectivity index (χ0) is 25.1. The predicted molar refractivity (Wildman–Crippen MR) is 147 cm³/mol. The number of pyridine rings is 2. The Morgan fingerprint density at radius 2 is 1.59 bits per heavy atom. The standard InChI is InChI=1S/C21H22NO.C12H10N.Ir/c1-21(2,3)14-11-12-18(22-13-14)17-9-6-8-16-15-7-4-5-10-19(15)23-20(16)17;1-10-7-8-12(13-9-10)11-5-3-2-4-6-11;/h6,8,11-13H,4-5,7,10H2,1-3H3;2-5,7-9H,1H3;/q2*-1;. The van der Waals surface area contributed by atoms with Crippen LogP contribution in [0.25, 0.3) is 33.5 Å². The zero-order valence-electron chi connectivity index (χ0n) is 21.9. The molecule has 1 aliphatic rings. The van der Waals surface area contributed by atoms with Gasteiger partial charge < -0.3 is 14.4 Å². The predicted octanol–water partition coefficient (Wildman–Crippen LogP) is 8.33. The Labute approximate surface area is 233 Å². The van der Waals surface area contributed by atoms with Crippen LogP contribution in [0, 0.1) is 19.1 Å². The summed E-state index contributed by atoms with van der Waals surface area (Å²) in [6, 6.07) is 26.8. The quantitative estimate of drug-likeness (QED) is 0.178. The Morgan fingerprint density at radius 3 is 2.27 bits per heavy atom. The molecule has 4 heteroatoms. The van der Waals surface area contributed by atoms with E-state index >= 15 is 0 Å². The second kappa shape index (κ2) is 11.5. The van der Waals surface area contributed by atoms with Gasteiger partial charge in [0.2, 0.25) is 0 Å². The first-order valence-corrected chi connectivity index (χ1v) is 12.7. The van der Waals surface area contributed by atoms with Crippen LogP contribution >= 0.6 is 0 Å². The minimum absolute atomic E-state index is 0. The van der Waals surface area contributed by atoms with Crippen molar-refractivity contribution in [3.05, 3.63) is 108 Å². The van der Waals surface area contributed by atoms with E-state index in [1.54, 1.807) is 0 Å². The van der Waals surface area contributed by atoms with Gasteiger partial charge in [-0.25, -0.2) is 0 Å². The number of fused-ring (bicyclic) bond motifs is 3. The van der Waals surface area contributed by atoms with Crippen LogP contribution < -0.4 is 0 Å². The van der Waals surface area contributed by atoms with E-state index in [2.05, 4.69) is 67.1 Å². The average Bonchev–Trinajstić information content (AvgIpc) is 3.29. The number of rotatable bonds is 2. The van der Waals surface area contributed by atoms with Crippen molar-refractivity contribution in [1.82, 2.24) is 9.97 Å². The van der Waals surface area contributed by atoms with Gasteiger partial charge in [-0.3, -0.25) is 0 Å². The fourth-order valence-electron chi connectivity index (χ4n) is 4.58. The maximum Gasteiger partial charge on any atom is 0.0930 e. The minimum atomic E-state index is 0. The van der Waals surface area contributed by atoms with Gasteiger partial charge in [-0.15, -0.1) is 54.1 Å². The molecule has 0 amide bonds. The molecule has 3 heterocycles. The van der Waals surface area contributed by atoms with E-state index in [0.717, 1.165) is 40.9 Å². The first-order valence-electron chi connectivity index (χ1n) is 12.7. The van der Waals surface area contributed by atoms with Gasteiger partial charge >= 0.3 is 0 Å². The van der Waals surface area contributed by atoms with Crippen molar-refractivity contribution in [1.29, 1.82) is 0 Å². The van der Waals surface area contributed by atoms with Gasteiger partial charge in [0.25, 0.3) is 0 Å². The van der Waals surface area contributed by atoms with Crippen LogP contribution in [-0.2, 0) is 38.4 Å². The molecule has 3 nitrogen and oxygen atoms in total.